The van der Waals surface area contributed by atoms with E-state index >= 15 is 0 Å². The van der Waals surface area contributed by atoms with Crippen LogP contribution in [0.5, 0.6) is 0 Å². The molecule has 0 aliphatic rings. The molecular weight excluding hydrogens is 1070 g/mol. The third kappa shape index (κ3) is 56.0. The summed E-state index contributed by atoms with van der Waals surface area (Å²) in [5.41, 5.74) is 1.35. The van der Waals surface area contributed by atoms with Crippen LogP contribution in [0.3, 0.4) is 0 Å². The molecule has 0 atom stereocenters. The zero-order valence-electron chi connectivity index (χ0n) is 55.0. The normalized spacial score (nSPS) is 11.7. The molecule has 0 fully saturated rings. The van der Waals surface area contributed by atoms with Crippen LogP contribution in [0.15, 0.2) is 58.3 Å². The van der Waals surface area contributed by atoms with Crippen LogP contribution in [-0.4, -0.2) is 49.0 Å². The first-order valence-corrected chi connectivity index (χ1v) is 39.0. The van der Waals surface area contributed by atoms with E-state index in [2.05, 4.69) is 13.8 Å². The first kappa shape index (κ1) is 82.0. The fourth-order valence-corrected chi connectivity index (χ4v) is 13.7. The Bertz CT molecular complexity index is 1720. The Balaban J connectivity index is 0.00000160. The van der Waals surface area contributed by atoms with Crippen LogP contribution in [0, 0.1) is 0 Å². The number of rotatable bonds is 62. The zero-order valence-corrected chi connectivity index (χ0v) is 58.1. The van der Waals surface area contributed by atoms with Crippen LogP contribution in [0.1, 0.15) is 397 Å². The van der Waals surface area contributed by atoms with Crippen LogP contribution in [-0.2, 0) is 33.1 Å². The number of hydrogen-bond acceptors (Lipinski definition) is 6. The molecule has 9 heteroatoms. The summed E-state index contributed by atoms with van der Waals surface area (Å²) in [5, 5.41) is 0. The monoisotopic (exact) mass is 1210 g/mol. The van der Waals surface area contributed by atoms with Gasteiger partial charge in [0.15, 0.2) is 0 Å². The zero-order chi connectivity index (χ0) is 59.4. The molecule has 0 heterocycles. The van der Waals surface area contributed by atoms with Crippen molar-refractivity contribution in [1.82, 2.24) is 0 Å². The van der Waals surface area contributed by atoms with E-state index in [-0.39, 0.29) is 32.8 Å². The molecule has 0 amide bonds. The van der Waals surface area contributed by atoms with Gasteiger partial charge in [-0.1, -0.05) is 410 Å². The Morgan fingerprint density at radius 2 is 0.361 bits per heavy atom. The van der Waals surface area contributed by atoms with Gasteiger partial charge in [-0.3, -0.25) is 0 Å². The third-order valence-corrected chi connectivity index (χ3v) is 19.5. The van der Waals surface area contributed by atoms with Crippen molar-refractivity contribution in [3.05, 3.63) is 59.7 Å². The molecule has 0 saturated heterocycles. The maximum atomic E-state index is 11.4. The summed E-state index contributed by atoms with van der Waals surface area (Å²) in [6.07, 6.45) is 81.9. The molecule has 0 unspecified atom stereocenters. The summed E-state index contributed by atoms with van der Waals surface area (Å²) < 4.78 is 68.2. The topological polar surface area (TPSA) is 114 Å². The van der Waals surface area contributed by atoms with Crippen LogP contribution >= 0.6 is 0 Å². The summed E-state index contributed by atoms with van der Waals surface area (Å²) in [6, 6.07) is 13.3. The van der Waals surface area contributed by atoms with E-state index in [1.54, 1.807) is 24.3 Å². The van der Waals surface area contributed by atoms with E-state index in [9.17, 15) is 25.9 Å². The summed E-state index contributed by atoms with van der Waals surface area (Å²) in [6.45, 7) is 4.59. The molecule has 0 N–H and O–H groups in total. The first-order chi connectivity index (χ1) is 40.1. The summed E-state index contributed by atoms with van der Waals surface area (Å²) in [5.74, 6) is 0. The van der Waals surface area contributed by atoms with Crippen molar-refractivity contribution in [3.8, 4) is 0 Å². The second-order valence-corrected chi connectivity index (χ2v) is 28.1. The van der Waals surface area contributed by atoms with E-state index in [1.165, 1.54) is 359 Å². The molecular formula is C74H134MgO6S2. The molecule has 6 nitrogen and oxygen atoms in total. The second kappa shape index (κ2) is 62.6. The number of aryl methyl sites for hydroxylation is 2. The molecule has 2 aromatic carbocycles. The van der Waals surface area contributed by atoms with Crippen molar-refractivity contribution in [3.63, 3.8) is 0 Å². The summed E-state index contributed by atoms with van der Waals surface area (Å²) in [7, 11) is -8.73. The first-order valence-electron chi connectivity index (χ1n) is 36.2. The number of hydrogen-bond donors (Lipinski definition) is 0. The van der Waals surface area contributed by atoms with Gasteiger partial charge in [0.05, 0.1) is 9.79 Å². The summed E-state index contributed by atoms with van der Waals surface area (Å²) >= 11 is 0. The van der Waals surface area contributed by atoms with Crippen molar-refractivity contribution in [2.45, 2.75) is 409 Å². The van der Waals surface area contributed by atoms with Gasteiger partial charge >= 0.3 is 23.1 Å². The molecule has 0 radical (unpaired) electrons. The Morgan fingerprint density at radius 3 is 0.506 bits per heavy atom. The molecule has 0 saturated carbocycles. The van der Waals surface area contributed by atoms with Crippen LogP contribution in [0.2, 0.25) is 0 Å². The Hall–Kier alpha value is -0.974. The quantitative estimate of drug-likeness (QED) is 0.0370. The van der Waals surface area contributed by atoms with Crippen LogP contribution in [0.25, 0.3) is 0 Å². The molecule has 83 heavy (non-hydrogen) atoms. The largest absolute Gasteiger partial charge is 2.00 e. The molecule has 0 spiro atoms. The molecule has 0 aliphatic carbocycles. The number of benzene rings is 2. The van der Waals surface area contributed by atoms with Gasteiger partial charge in [-0.25, -0.2) is 16.8 Å². The van der Waals surface area contributed by atoms with Gasteiger partial charge in [-0.05, 0) is 48.9 Å². The van der Waals surface area contributed by atoms with Gasteiger partial charge in [0, 0.05) is 0 Å². The molecule has 0 bridgehead atoms. The van der Waals surface area contributed by atoms with Gasteiger partial charge in [-0.15, -0.1) is 0 Å². The SMILES string of the molecule is CCCCCCCCCCCCCCCCCCCCCCCCCCCCCCCc1ccccc1S(=O)(=O)[O-].CCCCCCCCCCCCCCCCCCCCCCCCCCCCCCCc1ccccc1S(=O)(=O)[O-].[Mg+2]. The number of unbranched alkanes of at least 4 members (excludes halogenated alkanes) is 56. The van der Waals surface area contributed by atoms with E-state index in [1.807, 2.05) is 12.1 Å². The Kier molecular flexibility index (Phi) is 61.9. The van der Waals surface area contributed by atoms with Gasteiger partial charge in [0.25, 0.3) is 0 Å². The standard InChI is InChI=1S/2C37H68O3S.Mg/c2*1-2-3-4-5-6-7-8-9-10-11-12-13-14-15-16-17-18-19-20-21-22-23-24-25-26-27-28-29-30-33-36-34-31-32-35-37(36)41(38,39)40;/h2*31-32,34-35H,2-30,33H2,1H3,(H,38,39,40);/q;;+2/p-2. The minimum absolute atomic E-state index is 0. The van der Waals surface area contributed by atoms with E-state index in [0.29, 0.717) is 24.0 Å². The van der Waals surface area contributed by atoms with Gasteiger partial charge in [-0.2, -0.15) is 0 Å². The van der Waals surface area contributed by atoms with Crippen molar-refractivity contribution in [2.24, 2.45) is 0 Å². The van der Waals surface area contributed by atoms with Gasteiger partial charge in [0.1, 0.15) is 20.2 Å². The van der Waals surface area contributed by atoms with Crippen LogP contribution in [0.4, 0.5) is 0 Å². The summed E-state index contributed by atoms with van der Waals surface area (Å²) in [4.78, 5) is -0.0829. The average Bonchev–Trinajstić information content (AvgIpc) is 3.46. The predicted molar refractivity (Wildman–Crippen MR) is 361 cm³/mol. The molecule has 2 aromatic rings. The van der Waals surface area contributed by atoms with Crippen molar-refractivity contribution >= 4 is 43.3 Å². The molecule has 480 valence electrons. The van der Waals surface area contributed by atoms with Crippen molar-refractivity contribution in [2.75, 3.05) is 0 Å². The van der Waals surface area contributed by atoms with Crippen LogP contribution < -0.4 is 0 Å². The maximum absolute atomic E-state index is 11.4. The Labute approximate surface area is 534 Å². The predicted octanol–water partition coefficient (Wildman–Crippen LogP) is 24.6. The van der Waals surface area contributed by atoms with Crippen molar-refractivity contribution in [1.29, 1.82) is 0 Å². The van der Waals surface area contributed by atoms with E-state index in [4.69, 9.17) is 0 Å². The van der Waals surface area contributed by atoms with E-state index < -0.39 is 20.2 Å². The Morgan fingerprint density at radius 1 is 0.229 bits per heavy atom. The minimum atomic E-state index is -4.36. The minimum Gasteiger partial charge on any atom is -0.744 e. The average molecular weight is 1210 g/mol. The fourth-order valence-electron chi connectivity index (χ4n) is 12.2. The van der Waals surface area contributed by atoms with E-state index in [0.717, 1.165) is 25.7 Å². The van der Waals surface area contributed by atoms with Gasteiger partial charge in [0.2, 0.25) is 0 Å². The molecule has 0 aromatic heterocycles. The maximum Gasteiger partial charge on any atom is 2.00 e. The molecule has 0 aliphatic heterocycles. The third-order valence-electron chi connectivity index (χ3n) is 17.6. The van der Waals surface area contributed by atoms with Crippen molar-refractivity contribution < 1.29 is 25.9 Å². The smallest absolute Gasteiger partial charge is 0.744 e. The second-order valence-electron chi connectivity index (χ2n) is 25.4. The van der Waals surface area contributed by atoms with Gasteiger partial charge < -0.3 is 9.11 Å². The molecule has 2 rings (SSSR count). The fraction of sp³-hybridized carbons (Fsp3) is 0.838.